The summed E-state index contributed by atoms with van der Waals surface area (Å²) in [6.07, 6.45) is 1.71. The minimum Gasteiger partial charge on any atom is -0.395 e. The van der Waals surface area contributed by atoms with Gasteiger partial charge in [-0.05, 0) is 43.4 Å². The number of oxime groups is 1. The van der Waals surface area contributed by atoms with E-state index in [0.29, 0.717) is 18.9 Å². The number of benzene rings is 1. The highest BCUT2D eigenvalue weighted by molar-refractivity contribution is 6.31. The van der Waals surface area contributed by atoms with E-state index in [9.17, 15) is 13.2 Å². The largest absolute Gasteiger partial charge is 0.417 e. The Hall–Kier alpha value is -1.23. The zero-order valence-electron chi connectivity index (χ0n) is 13.1. The first-order valence-corrected chi connectivity index (χ1v) is 8.35. The Morgan fingerprint density at radius 2 is 1.96 bits per heavy atom. The van der Waals surface area contributed by atoms with Gasteiger partial charge in [0.1, 0.15) is 6.61 Å². The average molecular weight is 348 g/mol. The van der Waals surface area contributed by atoms with E-state index in [1.165, 1.54) is 31.4 Å². The molecular weight excluding hydrogens is 327 g/mol. The van der Waals surface area contributed by atoms with Crippen molar-refractivity contribution in [1.29, 1.82) is 0 Å². The molecule has 1 aromatic carbocycles. The van der Waals surface area contributed by atoms with E-state index in [4.69, 9.17) is 16.4 Å². The van der Waals surface area contributed by atoms with Crippen LogP contribution in [-0.2, 0) is 11.0 Å². The molecule has 0 unspecified atom stereocenters. The number of hydrogen-bond donors (Lipinski definition) is 0. The van der Waals surface area contributed by atoms with E-state index in [1.807, 2.05) is 0 Å². The third-order valence-electron chi connectivity index (χ3n) is 4.14. The molecule has 0 bridgehead atoms. The van der Waals surface area contributed by atoms with Gasteiger partial charge in [-0.3, -0.25) is 0 Å². The van der Waals surface area contributed by atoms with E-state index < -0.39 is 11.7 Å². The Morgan fingerprint density at radius 3 is 2.57 bits per heavy atom. The Labute approximate surface area is 139 Å². The van der Waals surface area contributed by atoms with Gasteiger partial charge < -0.3 is 4.84 Å². The van der Waals surface area contributed by atoms with Gasteiger partial charge >= 0.3 is 6.18 Å². The van der Waals surface area contributed by atoms with Crippen LogP contribution in [0.5, 0.6) is 0 Å². The maximum Gasteiger partial charge on any atom is 0.417 e. The lowest BCUT2D eigenvalue weighted by molar-refractivity contribution is -0.137. The van der Waals surface area contributed by atoms with E-state index in [2.05, 4.69) is 5.16 Å². The molecule has 0 spiro atoms. The van der Waals surface area contributed by atoms with Crippen molar-refractivity contribution in [1.82, 2.24) is 0 Å². The lowest BCUT2D eigenvalue weighted by Gasteiger charge is -2.20. The zero-order valence-corrected chi connectivity index (χ0v) is 13.9. The predicted octanol–water partition coefficient (Wildman–Crippen LogP) is 6.07. The summed E-state index contributed by atoms with van der Waals surface area (Å²) in [6.45, 7) is 2.22. The number of hydrogen-bond acceptors (Lipinski definition) is 2. The number of rotatable bonds is 5. The van der Waals surface area contributed by atoms with Crippen LogP contribution in [0.25, 0.3) is 0 Å². The maximum absolute atomic E-state index is 13.2. The topological polar surface area (TPSA) is 21.6 Å². The van der Waals surface area contributed by atoms with Gasteiger partial charge in [0.15, 0.2) is 0 Å². The van der Waals surface area contributed by atoms with Crippen LogP contribution in [0.1, 0.15) is 56.6 Å². The van der Waals surface area contributed by atoms with Crippen molar-refractivity contribution >= 4 is 17.3 Å². The molecule has 0 saturated heterocycles. The SMILES string of the molecule is CC/C(=N\OCC1CCCCC1)c1cc(Cl)ccc1C(F)(F)F. The number of nitrogens with zero attached hydrogens (tertiary/aromatic N) is 1. The van der Waals surface area contributed by atoms with Crippen LogP contribution >= 0.6 is 11.6 Å². The normalized spacial score (nSPS) is 17.3. The molecule has 23 heavy (non-hydrogen) atoms. The molecule has 0 aromatic heterocycles. The van der Waals surface area contributed by atoms with Crippen molar-refractivity contribution in [2.75, 3.05) is 6.61 Å². The molecule has 0 amide bonds. The van der Waals surface area contributed by atoms with Gasteiger partial charge in [0, 0.05) is 10.6 Å². The third kappa shape index (κ3) is 5.13. The first-order chi connectivity index (χ1) is 10.9. The highest BCUT2D eigenvalue weighted by Gasteiger charge is 2.34. The lowest BCUT2D eigenvalue weighted by atomic mass is 9.90. The quantitative estimate of drug-likeness (QED) is 0.468. The fraction of sp³-hybridized carbons (Fsp3) is 0.588. The van der Waals surface area contributed by atoms with Crippen molar-refractivity contribution in [3.63, 3.8) is 0 Å². The van der Waals surface area contributed by atoms with Gasteiger partial charge in [-0.25, -0.2) is 0 Å². The molecule has 0 N–H and O–H groups in total. The summed E-state index contributed by atoms with van der Waals surface area (Å²) in [6, 6.07) is 3.53. The Bertz CT molecular complexity index is 551. The highest BCUT2D eigenvalue weighted by Crippen LogP contribution is 2.34. The van der Waals surface area contributed by atoms with Gasteiger partial charge in [0.05, 0.1) is 11.3 Å². The minimum atomic E-state index is -4.45. The van der Waals surface area contributed by atoms with E-state index in [0.717, 1.165) is 18.9 Å². The summed E-state index contributed by atoms with van der Waals surface area (Å²) in [5, 5.41) is 4.23. The summed E-state index contributed by atoms with van der Waals surface area (Å²) in [7, 11) is 0. The molecule has 0 atom stereocenters. The second-order valence-corrected chi connectivity index (χ2v) is 6.32. The predicted molar refractivity (Wildman–Crippen MR) is 85.8 cm³/mol. The summed E-state index contributed by atoms with van der Waals surface area (Å²) < 4.78 is 39.5. The fourth-order valence-electron chi connectivity index (χ4n) is 2.88. The molecule has 1 aromatic rings. The molecule has 0 heterocycles. The summed E-state index contributed by atoms with van der Waals surface area (Å²) in [5.41, 5.74) is -0.462. The average Bonchev–Trinajstić information content (AvgIpc) is 2.51. The van der Waals surface area contributed by atoms with E-state index in [-0.39, 0.29) is 16.3 Å². The van der Waals surface area contributed by atoms with Gasteiger partial charge in [-0.2, -0.15) is 13.2 Å². The van der Waals surface area contributed by atoms with Gasteiger partial charge in [-0.15, -0.1) is 0 Å². The van der Waals surface area contributed by atoms with Gasteiger partial charge in [0.25, 0.3) is 0 Å². The molecule has 1 aliphatic rings. The van der Waals surface area contributed by atoms with Crippen molar-refractivity contribution < 1.29 is 18.0 Å². The summed E-state index contributed by atoms with van der Waals surface area (Å²) >= 11 is 5.86. The first kappa shape index (κ1) is 18.1. The molecule has 0 radical (unpaired) electrons. The second kappa shape index (κ2) is 8.04. The smallest absolute Gasteiger partial charge is 0.395 e. The van der Waals surface area contributed by atoms with Gasteiger partial charge in [-0.1, -0.05) is 42.9 Å². The molecule has 128 valence electrons. The molecule has 1 fully saturated rings. The monoisotopic (exact) mass is 347 g/mol. The van der Waals surface area contributed by atoms with Crippen LogP contribution in [0.2, 0.25) is 5.02 Å². The van der Waals surface area contributed by atoms with Crippen LogP contribution < -0.4 is 0 Å². The van der Waals surface area contributed by atoms with Crippen LogP contribution in [0.4, 0.5) is 13.2 Å². The maximum atomic E-state index is 13.2. The minimum absolute atomic E-state index is 0.00357. The highest BCUT2D eigenvalue weighted by atomic mass is 35.5. The van der Waals surface area contributed by atoms with Crippen molar-refractivity contribution in [3.8, 4) is 0 Å². The number of halogens is 4. The van der Waals surface area contributed by atoms with E-state index in [1.54, 1.807) is 6.92 Å². The first-order valence-electron chi connectivity index (χ1n) is 7.97. The van der Waals surface area contributed by atoms with Crippen LogP contribution in [-0.4, -0.2) is 12.3 Å². The molecule has 2 nitrogen and oxygen atoms in total. The molecule has 1 aliphatic carbocycles. The Kier molecular flexibility index (Phi) is 6.33. The van der Waals surface area contributed by atoms with Gasteiger partial charge in [0.2, 0.25) is 0 Å². The summed E-state index contributed by atoms with van der Waals surface area (Å²) in [4.78, 5) is 5.37. The second-order valence-electron chi connectivity index (χ2n) is 5.88. The molecular formula is C17H21ClF3NO. The lowest BCUT2D eigenvalue weighted by Crippen LogP contribution is -2.15. The van der Waals surface area contributed by atoms with Crippen molar-refractivity contribution in [2.24, 2.45) is 11.1 Å². The molecule has 1 saturated carbocycles. The van der Waals surface area contributed by atoms with Crippen LogP contribution in [0, 0.1) is 5.92 Å². The summed E-state index contributed by atoms with van der Waals surface area (Å²) in [5.74, 6) is 0.451. The van der Waals surface area contributed by atoms with Crippen molar-refractivity contribution in [3.05, 3.63) is 34.3 Å². The van der Waals surface area contributed by atoms with E-state index >= 15 is 0 Å². The zero-order chi connectivity index (χ0) is 16.9. The van der Waals surface area contributed by atoms with Crippen LogP contribution in [0.3, 0.4) is 0 Å². The molecule has 0 aliphatic heterocycles. The Balaban J connectivity index is 2.15. The molecule has 2 rings (SSSR count). The van der Waals surface area contributed by atoms with Crippen LogP contribution in [0.15, 0.2) is 23.4 Å². The number of alkyl halides is 3. The Morgan fingerprint density at radius 1 is 1.26 bits per heavy atom. The van der Waals surface area contributed by atoms with Crippen molar-refractivity contribution in [2.45, 2.75) is 51.6 Å². The molecule has 6 heteroatoms. The standard InChI is InChI=1S/C17H21ClF3NO/c1-2-16(22-23-11-12-6-4-3-5-7-12)14-10-13(18)8-9-15(14)17(19,20)21/h8-10,12H,2-7,11H2,1H3/b22-16+. The third-order valence-corrected chi connectivity index (χ3v) is 4.38. The fourth-order valence-corrected chi connectivity index (χ4v) is 3.05.